The Hall–Kier alpha value is -1.06. The largest absolute Gasteiger partial charge is 0.497 e. The van der Waals surface area contributed by atoms with Crippen molar-refractivity contribution in [1.29, 1.82) is 0 Å². The summed E-state index contributed by atoms with van der Waals surface area (Å²) in [4.78, 5) is 0. The molecule has 0 spiro atoms. The van der Waals surface area contributed by atoms with E-state index in [-0.39, 0.29) is 6.61 Å². The van der Waals surface area contributed by atoms with E-state index in [1.807, 2.05) is 12.1 Å². The first-order chi connectivity index (χ1) is 8.67. The van der Waals surface area contributed by atoms with Crippen molar-refractivity contribution in [3.05, 3.63) is 29.8 Å². The van der Waals surface area contributed by atoms with Crippen LogP contribution in [0.5, 0.6) is 5.75 Å². The van der Waals surface area contributed by atoms with Gasteiger partial charge in [-0.05, 0) is 42.5 Å². The van der Waals surface area contributed by atoms with Gasteiger partial charge in [-0.1, -0.05) is 26.0 Å². The summed E-state index contributed by atoms with van der Waals surface area (Å²) in [5, 5.41) is 12.3. The van der Waals surface area contributed by atoms with Crippen LogP contribution >= 0.6 is 0 Å². The van der Waals surface area contributed by atoms with Gasteiger partial charge >= 0.3 is 0 Å². The van der Waals surface area contributed by atoms with Crippen molar-refractivity contribution in [2.75, 3.05) is 26.8 Å². The molecule has 0 amide bonds. The summed E-state index contributed by atoms with van der Waals surface area (Å²) in [6.45, 7) is 6.56. The lowest BCUT2D eigenvalue weighted by molar-refractivity contribution is 0.260. The molecule has 2 unspecified atom stereocenters. The highest BCUT2D eigenvalue weighted by Crippen LogP contribution is 2.18. The SMILES string of the molecule is COc1ccc(C(C)CNCC(C)CCO)cc1. The maximum Gasteiger partial charge on any atom is 0.118 e. The summed E-state index contributed by atoms with van der Waals surface area (Å²) in [6, 6.07) is 8.23. The zero-order valence-corrected chi connectivity index (χ0v) is 11.6. The first-order valence-corrected chi connectivity index (χ1v) is 6.63. The van der Waals surface area contributed by atoms with E-state index >= 15 is 0 Å². The second kappa shape index (κ2) is 8.11. The van der Waals surface area contributed by atoms with E-state index in [4.69, 9.17) is 9.84 Å². The Morgan fingerprint density at radius 2 is 1.83 bits per heavy atom. The molecule has 0 aliphatic carbocycles. The summed E-state index contributed by atoms with van der Waals surface area (Å²) in [6.07, 6.45) is 0.865. The third-order valence-electron chi connectivity index (χ3n) is 3.25. The predicted octanol–water partition coefficient (Wildman–Crippen LogP) is 2.41. The molecule has 0 aliphatic heterocycles. The minimum Gasteiger partial charge on any atom is -0.497 e. The number of rotatable bonds is 8. The zero-order chi connectivity index (χ0) is 13.4. The number of aliphatic hydroxyl groups excluding tert-OH is 1. The van der Waals surface area contributed by atoms with Crippen LogP contribution in [0, 0.1) is 5.92 Å². The molecule has 1 aromatic carbocycles. The first-order valence-electron chi connectivity index (χ1n) is 6.63. The molecule has 3 heteroatoms. The van der Waals surface area contributed by atoms with E-state index in [2.05, 4.69) is 31.3 Å². The van der Waals surface area contributed by atoms with E-state index in [0.29, 0.717) is 11.8 Å². The van der Waals surface area contributed by atoms with Crippen LogP contribution in [0.4, 0.5) is 0 Å². The number of methoxy groups -OCH3 is 1. The van der Waals surface area contributed by atoms with Crippen LogP contribution in [0.2, 0.25) is 0 Å². The Balaban J connectivity index is 2.33. The highest BCUT2D eigenvalue weighted by atomic mass is 16.5. The molecule has 0 saturated heterocycles. The molecule has 18 heavy (non-hydrogen) atoms. The van der Waals surface area contributed by atoms with Gasteiger partial charge < -0.3 is 15.2 Å². The second-order valence-electron chi connectivity index (χ2n) is 4.95. The molecular weight excluding hydrogens is 226 g/mol. The van der Waals surface area contributed by atoms with Crippen molar-refractivity contribution in [3.8, 4) is 5.75 Å². The molecule has 0 fully saturated rings. The second-order valence-corrected chi connectivity index (χ2v) is 4.95. The van der Waals surface area contributed by atoms with Crippen LogP contribution in [0.3, 0.4) is 0 Å². The average Bonchev–Trinajstić information content (AvgIpc) is 2.39. The molecular formula is C15H25NO2. The van der Waals surface area contributed by atoms with Crippen LogP contribution < -0.4 is 10.1 Å². The highest BCUT2D eigenvalue weighted by molar-refractivity contribution is 5.29. The monoisotopic (exact) mass is 251 g/mol. The van der Waals surface area contributed by atoms with E-state index in [0.717, 1.165) is 25.3 Å². The predicted molar refractivity (Wildman–Crippen MR) is 75.1 cm³/mol. The van der Waals surface area contributed by atoms with Crippen LogP contribution in [-0.2, 0) is 0 Å². The molecule has 1 aromatic rings. The molecule has 0 heterocycles. The Bertz CT molecular complexity index is 324. The molecule has 0 aromatic heterocycles. The molecule has 0 aliphatic rings. The third-order valence-corrected chi connectivity index (χ3v) is 3.25. The van der Waals surface area contributed by atoms with Crippen LogP contribution in [0.1, 0.15) is 31.7 Å². The van der Waals surface area contributed by atoms with Crippen LogP contribution in [0.15, 0.2) is 24.3 Å². The number of benzene rings is 1. The number of hydrogen-bond acceptors (Lipinski definition) is 3. The average molecular weight is 251 g/mol. The van der Waals surface area contributed by atoms with Gasteiger partial charge in [-0.25, -0.2) is 0 Å². The molecule has 1 rings (SSSR count). The fourth-order valence-electron chi connectivity index (χ4n) is 1.92. The molecule has 2 atom stereocenters. The Kier molecular flexibility index (Phi) is 6.76. The first kappa shape index (κ1) is 15.0. The van der Waals surface area contributed by atoms with Gasteiger partial charge in [0.25, 0.3) is 0 Å². The number of aliphatic hydroxyl groups is 1. The van der Waals surface area contributed by atoms with Crippen molar-refractivity contribution in [2.24, 2.45) is 5.92 Å². The van der Waals surface area contributed by atoms with E-state index in [9.17, 15) is 0 Å². The Morgan fingerprint density at radius 3 is 2.39 bits per heavy atom. The molecule has 2 N–H and O–H groups in total. The van der Waals surface area contributed by atoms with E-state index in [1.165, 1.54) is 5.56 Å². The lowest BCUT2D eigenvalue weighted by Crippen LogP contribution is -2.25. The number of hydrogen-bond donors (Lipinski definition) is 2. The summed E-state index contributed by atoms with van der Waals surface area (Å²) < 4.78 is 5.15. The third kappa shape index (κ3) is 5.07. The number of ether oxygens (including phenoxy) is 1. The van der Waals surface area contributed by atoms with Gasteiger partial charge in [0.05, 0.1) is 7.11 Å². The summed E-state index contributed by atoms with van der Waals surface area (Å²) in [5.74, 6) is 1.91. The normalized spacial score (nSPS) is 14.2. The van der Waals surface area contributed by atoms with Crippen molar-refractivity contribution in [3.63, 3.8) is 0 Å². The molecule has 0 saturated carbocycles. The maximum absolute atomic E-state index is 8.83. The molecule has 102 valence electrons. The lowest BCUT2D eigenvalue weighted by atomic mass is 10.0. The molecule has 3 nitrogen and oxygen atoms in total. The van der Waals surface area contributed by atoms with Gasteiger partial charge in [-0.2, -0.15) is 0 Å². The van der Waals surface area contributed by atoms with Crippen LogP contribution in [-0.4, -0.2) is 31.9 Å². The smallest absolute Gasteiger partial charge is 0.118 e. The van der Waals surface area contributed by atoms with Crippen molar-refractivity contribution in [2.45, 2.75) is 26.2 Å². The lowest BCUT2D eigenvalue weighted by Gasteiger charge is -2.16. The minimum absolute atomic E-state index is 0.275. The van der Waals surface area contributed by atoms with Crippen LogP contribution in [0.25, 0.3) is 0 Å². The van der Waals surface area contributed by atoms with E-state index < -0.39 is 0 Å². The maximum atomic E-state index is 8.83. The molecule has 0 bridgehead atoms. The van der Waals surface area contributed by atoms with E-state index in [1.54, 1.807) is 7.11 Å². The van der Waals surface area contributed by atoms with Gasteiger partial charge in [0.15, 0.2) is 0 Å². The summed E-state index contributed by atoms with van der Waals surface area (Å²) in [5.41, 5.74) is 1.32. The molecule has 0 radical (unpaired) electrons. The van der Waals surface area contributed by atoms with Crippen molar-refractivity contribution >= 4 is 0 Å². The minimum atomic E-state index is 0.275. The summed E-state index contributed by atoms with van der Waals surface area (Å²) >= 11 is 0. The highest BCUT2D eigenvalue weighted by Gasteiger charge is 2.06. The van der Waals surface area contributed by atoms with Gasteiger partial charge in [0.1, 0.15) is 5.75 Å². The Labute approximate surface area is 110 Å². The summed E-state index contributed by atoms with van der Waals surface area (Å²) in [7, 11) is 1.68. The zero-order valence-electron chi connectivity index (χ0n) is 11.6. The van der Waals surface area contributed by atoms with Crippen molar-refractivity contribution in [1.82, 2.24) is 5.32 Å². The van der Waals surface area contributed by atoms with Crippen molar-refractivity contribution < 1.29 is 9.84 Å². The van der Waals surface area contributed by atoms with Gasteiger partial charge in [-0.15, -0.1) is 0 Å². The number of nitrogens with one attached hydrogen (secondary N) is 1. The fraction of sp³-hybridized carbons (Fsp3) is 0.600. The quantitative estimate of drug-likeness (QED) is 0.745. The van der Waals surface area contributed by atoms with Gasteiger partial charge in [0.2, 0.25) is 0 Å². The fourth-order valence-corrected chi connectivity index (χ4v) is 1.92. The standard InChI is InChI=1S/C15H25NO2/c1-12(8-9-17)10-16-11-13(2)14-4-6-15(18-3)7-5-14/h4-7,12-13,16-17H,8-11H2,1-3H3. The topological polar surface area (TPSA) is 41.5 Å². The van der Waals surface area contributed by atoms with Gasteiger partial charge in [0, 0.05) is 13.2 Å². The Morgan fingerprint density at radius 1 is 1.17 bits per heavy atom. The van der Waals surface area contributed by atoms with Gasteiger partial charge in [-0.3, -0.25) is 0 Å².